The number of aromatic nitrogens is 2. The van der Waals surface area contributed by atoms with E-state index in [4.69, 9.17) is 0 Å². The first-order valence-electron chi connectivity index (χ1n) is 6.50. The summed E-state index contributed by atoms with van der Waals surface area (Å²) in [5.41, 5.74) is 4.55. The van der Waals surface area contributed by atoms with Crippen molar-refractivity contribution >= 4 is 22.6 Å². The number of hydrogen-bond acceptors (Lipinski definition) is 2. The van der Waals surface area contributed by atoms with Crippen LogP contribution in [0.5, 0.6) is 0 Å². The van der Waals surface area contributed by atoms with Crippen LogP contribution in [-0.2, 0) is 11.2 Å². The molecule has 0 unspecified atom stereocenters. The Balaban J connectivity index is 1.82. The molecular weight excluding hydrogens is 250 g/mol. The predicted octanol–water partition coefficient (Wildman–Crippen LogP) is 3.05. The number of carbonyl (C=O) groups is 1. The fourth-order valence-electron chi connectivity index (χ4n) is 2.27. The number of nitrogens with zero attached hydrogens (tertiary/aromatic N) is 1. The number of hydrogen-bond donors (Lipinski definition) is 2. The molecule has 2 aromatic carbocycles. The van der Waals surface area contributed by atoms with Crippen LogP contribution >= 0.6 is 0 Å². The van der Waals surface area contributed by atoms with Gasteiger partial charge in [-0.3, -0.25) is 4.79 Å². The number of H-pyrrole nitrogens is 1. The number of anilines is 1. The molecule has 0 atom stereocenters. The molecule has 20 heavy (non-hydrogen) atoms. The lowest BCUT2D eigenvalue weighted by Gasteiger charge is -2.07. The van der Waals surface area contributed by atoms with E-state index in [2.05, 4.69) is 15.3 Å². The molecule has 100 valence electrons. The van der Waals surface area contributed by atoms with Crippen molar-refractivity contribution in [3.63, 3.8) is 0 Å². The lowest BCUT2D eigenvalue weighted by molar-refractivity contribution is -0.115. The van der Waals surface area contributed by atoms with Gasteiger partial charge >= 0.3 is 0 Å². The van der Waals surface area contributed by atoms with Gasteiger partial charge in [-0.05, 0) is 30.2 Å². The molecule has 3 rings (SSSR count). The van der Waals surface area contributed by atoms with Crippen LogP contribution in [0.3, 0.4) is 0 Å². The van der Waals surface area contributed by atoms with E-state index in [-0.39, 0.29) is 5.91 Å². The van der Waals surface area contributed by atoms with E-state index in [9.17, 15) is 4.79 Å². The van der Waals surface area contributed by atoms with Crippen molar-refractivity contribution in [3.05, 3.63) is 59.9 Å². The number of fused-ring (bicyclic) bond motifs is 1. The van der Waals surface area contributed by atoms with Gasteiger partial charge in [0.15, 0.2) is 0 Å². The van der Waals surface area contributed by atoms with Crippen molar-refractivity contribution in [3.8, 4) is 0 Å². The van der Waals surface area contributed by atoms with E-state index in [1.54, 1.807) is 6.33 Å². The van der Waals surface area contributed by atoms with Gasteiger partial charge in [-0.1, -0.05) is 30.3 Å². The van der Waals surface area contributed by atoms with E-state index in [0.29, 0.717) is 6.42 Å². The normalized spacial score (nSPS) is 10.7. The first kappa shape index (κ1) is 12.4. The third-order valence-electron chi connectivity index (χ3n) is 3.15. The average molecular weight is 265 g/mol. The molecule has 1 aromatic heterocycles. The summed E-state index contributed by atoms with van der Waals surface area (Å²) < 4.78 is 0. The molecule has 4 nitrogen and oxygen atoms in total. The Hall–Kier alpha value is -2.62. The number of aryl methyl sites for hydroxylation is 1. The van der Waals surface area contributed by atoms with Gasteiger partial charge < -0.3 is 10.3 Å². The van der Waals surface area contributed by atoms with E-state index in [1.165, 1.54) is 0 Å². The highest BCUT2D eigenvalue weighted by atomic mass is 16.1. The molecule has 0 aliphatic carbocycles. The fourth-order valence-corrected chi connectivity index (χ4v) is 2.27. The maximum atomic E-state index is 12.1. The van der Waals surface area contributed by atoms with Crippen molar-refractivity contribution in [2.24, 2.45) is 0 Å². The summed E-state index contributed by atoms with van der Waals surface area (Å²) in [5.74, 6) is -0.0360. The van der Waals surface area contributed by atoms with Gasteiger partial charge in [0.05, 0.1) is 24.0 Å². The second kappa shape index (κ2) is 5.17. The van der Waals surface area contributed by atoms with E-state index >= 15 is 0 Å². The first-order valence-corrected chi connectivity index (χ1v) is 6.50. The topological polar surface area (TPSA) is 57.8 Å². The Morgan fingerprint density at radius 1 is 1.25 bits per heavy atom. The predicted molar refractivity (Wildman–Crippen MR) is 79.6 cm³/mol. The zero-order chi connectivity index (χ0) is 13.9. The number of imidazole rings is 1. The third-order valence-corrected chi connectivity index (χ3v) is 3.15. The number of amides is 1. The van der Waals surface area contributed by atoms with Crippen molar-refractivity contribution in [1.82, 2.24) is 9.97 Å². The minimum atomic E-state index is -0.0360. The number of rotatable bonds is 3. The minimum absolute atomic E-state index is 0.0360. The second-order valence-electron chi connectivity index (χ2n) is 4.82. The summed E-state index contributed by atoms with van der Waals surface area (Å²) in [7, 11) is 0. The standard InChI is InChI=1S/C16H15N3O/c1-11-7-13-16(18-10-17-13)14(8-11)19-15(20)9-12-5-3-2-4-6-12/h2-8,10H,9H2,1H3,(H,17,18)(H,19,20). The molecule has 0 spiro atoms. The Bertz CT molecular complexity index is 747. The molecule has 0 fully saturated rings. The molecule has 1 heterocycles. The van der Waals surface area contributed by atoms with Crippen LogP contribution < -0.4 is 5.32 Å². The van der Waals surface area contributed by atoms with Gasteiger partial charge in [0.25, 0.3) is 0 Å². The molecule has 2 N–H and O–H groups in total. The van der Waals surface area contributed by atoms with Crippen LogP contribution in [0.25, 0.3) is 11.0 Å². The molecule has 0 saturated carbocycles. The lowest BCUT2D eigenvalue weighted by Crippen LogP contribution is -2.14. The van der Waals surface area contributed by atoms with Crippen LogP contribution in [0, 0.1) is 6.92 Å². The van der Waals surface area contributed by atoms with E-state index in [0.717, 1.165) is 27.8 Å². The highest BCUT2D eigenvalue weighted by Gasteiger charge is 2.09. The molecule has 0 aliphatic rings. The molecule has 4 heteroatoms. The Morgan fingerprint density at radius 2 is 2.05 bits per heavy atom. The maximum Gasteiger partial charge on any atom is 0.228 e. The monoisotopic (exact) mass is 265 g/mol. The maximum absolute atomic E-state index is 12.1. The average Bonchev–Trinajstić information content (AvgIpc) is 2.88. The van der Waals surface area contributed by atoms with Crippen molar-refractivity contribution in [2.45, 2.75) is 13.3 Å². The van der Waals surface area contributed by atoms with Crippen LogP contribution in [0.15, 0.2) is 48.8 Å². The number of benzene rings is 2. The fraction of sp³-hybridized carbons (Fsp3) is 0.125. The summed E-state index contributed by atoms with van der Waals surface area (Å²) in [4.78, 5) is 19.4. The van der Waals surface area contributed by atoms with Gasteiger partial charge in [0.1, 0.15) is 5.52 Å². The number of carbonyl (C=O) groups excluding carboxylic acids is 1. The molecule has 0 radical (unpaired) electrons. The minimum Gasteiger partial charge on any atom is -0.345 e. The largest absolute Gasteiger partial charge is 0.345 e. The molecule has 0 bridgehead atoms. The summed E-state index contributed by atoms with van der Waals surface area (Å²) in [6.45, 7) is 1.99. The Labute approximate surface area is 116 Å². The number of nitrogens with one attached hydrogen (secondary N) is 2. The van der Waals surface area contributed by atoms with Gasteiger partial charge in [-0.25, -0.2) is 4.98 Å². The summed E-state index contributed by atoms with van der Waals surface area (Å²) in [6, 6.07) is 13.6. The Kier molecular flexibility index (Phi) is 3.21. The summed E-state index contributed by atoms with van der Waals surface area (Å²) in [5, 5.41) is 2.94. The number of aromatic amines is 1. The third kappa shape index (κ3) is 2.54. The quantitative estimate of drug-likeness (QED) is 0.764. The second-order valence-corrected chi connectivity index (χ2v) is 4.82. The van der Waals surface area contributed by atoms with Crippen LogP contribution in [-0.4, -0.2) is 15.9 Å². The molecule has 3 aromatic rings. The zero-order valence-electron chi connectivity index (χ0n) is 11.2. The Morgan fingerprint density at radius 3 is 2.85 bits per heavy atom. The first-order chi connectivity index (χ1) is 9.72. The van der Waals surface area contributed by atoms with Gasteiger partial charge in [-0.15, -0.1) is 0 Å². The van der Waals surface area contributed by atoms with Crippen molar-refractivity contribution in [1.29, 1.82) is 0 Å². The SMILES string of the molecule is Cc1cc(NC(=O)Cc2ccccc2)c2nc[nH]c2c1. The highest BCUT2D eigenvalue weighted by molar-refractivity contribution is 6.00. The summed E-state index contributed by atoms with van der Waals surface area (Å²) >= 11 is 0. The molecular formula is C16H15N3O. The van der Waals surface area contributed by atoms with E-state index in [1.807, 2.05) is 49.4 Å². The van der Waals surface area contributed by atoms with Crippen molar-refractivity contribution < 1.29 is 4.79 Å². The summed E-state index contributed by atoms with van der Waals surface area (Å²) in [6.07, 6.45) is 2.00. The van der Waals surface area contributed by atoms with Crippen molar-refractivity contribution in [2.75, 3.05) is 5.32 Å². The van der Waals surface area contributed by atoms with Crippen LogP contribution in [0.4, 0.5) is 5.69 Å². The van der Waals surface area contributed by atoms with E-state index < -0.39 is 0 Å². The zero-order valence-corrected chi connectivity index (χ0v) is 11.2. The van der Waals surface area contributed by atoms with Crippen LogP contribution in [0.2, 0.25) is 0 Å². The van der Waals surface area contributed by atoms with Crippen LogP contribution in [0.1, 0.15) is 11.1 Å². The van der Waals surface area contributed by atoms with Gasteiger partial charge in [-0.2, -0.15) is 0 Å². The molecule has 0 saturated heterocycles. The van der Waals surface area contributed by atoms with Gasteiger partial charge in [0, 0.05) is 0 Å². The lowest BCUT2D eigenvalue weighted by atomic mass is 10.1. The highest BCUT2D eigenvalue weighted by Crippen LogP contribution is 2.22. The smallest absolute Gasteiger partial charge is 0.228 e. The molecule has 0 aliphatic heterocycles. The molecule has 1 amide bonds. The van der Waals surface area contributed by atoms with Gasteiger partial charge in [0.2, 0.25) is 5.91 Å².